The van der Waals surface area contributed by atoms with Gasteiger partial charge >= 0.3 is 0 Å². The number of sulfonamides is 1. The number of rotatable bonds is 8. The zero-order chi connectivity index (χ0) is 24.1. The van der Waals surface area contributed by atoms with Gasteiger partial charge < -0.3 is 0 Å². The number of carbonyl (C=O) groups excluding carboxylic acids is 1. The Bertz CT molecular complexity index is 1430. The third-order valence-electron chi connectivity index (χ3n) is 5.15. The first kappa shape index (κ1) is 23.4. The maximum atomic E-state index is 12.8. The van der Waals surface area contributed by atoms with E-state index in [1.54, 1.807) is 29.8 Å². The number of hydrogen-bond acceptors (Lipinski definition) is 6. The van der Waals surface area contributed by atoms with Crippen LogP contribution in [0.4, 0.5) is 5.69 Å². The normalized spacial score (nSPS) is 11.6. The van der Waals surface area contributed by atoms with E-state index in [-0.39, 0.29) is 15.5 Å². The van der Waals surface area contributed by atoms with Crippen molar-refractivity contribution in [3.8, 4) is 0 Å². The number of para-hydroxylation sites is 1. The van der Waals surface area contributed by atoms with Gasteiger partial charge in [0.15, 0.2) is 0 Å². The third-order valence-corrected chi connectivity index (χ3v) is 7.91. The molecule has 0 fully saturated rings. The molecule has 2 N–H and O–H groups in total. The molecule has 174 valence electrons. The van der Waals surface area contributed by atoms with Crippen LogP contribution in [0.2, 0.25) is 0 Å². The highest BCUT2D eigenvalue weighted by Gasteiger charge is 2.19. The van der Waals surface area contributed by atoms with E-state index < -0.39 is 15.9 Å². The molecule has 0 aliphatic rings. The van der Waals surface area contributed by atoms with E-state index in [1.165, 1.54) is 18.2 Å². The molecule has 2 heterocycles. The van der Waals surface area contributed by atoms with Gasteiger partial charge in [0.2, 0.25) is 0 Å². The highest BCUT2D eigenvalue weighted by molar-refractivity contribution is 7.94. The van der Waals surface area contributed by atoms with Crippen LogP contribution in [-0.2, 0) is 16.6 Å². The average Bonchev–Trinajstić information content (AvgIpc) is 3.45. The molecule has 4 aromatic rings. The average molecular weight is 494 g/mol. The monoisotopic (exact) mass is 493 g/mol. The first-order chi connectivity index (χ1) is 16.3. The maximum Gasteiger partial charge on any atom is 0.273 e. The second kappa shape index (κ2) is 10.0. The van der Waals surface area contributed by atoms with E-state index in [1.807, 2.05) is 48.9 Å². The number of aryl methyl sites for hydroxylation is 1. The van der Waals surface area contributed by atoms with Crippen LogP contribution in [0.1, 0.15) is 32.9 Å². The lowest BCUT2D eigenvalue weighted by atomic mass is 10.2. The van der Waals surface area contributed by atoms with E-state index in [0.717, 1.165) is 33.9 Å². The lowest BCUT2D eigenvalue weighted by Crippen LogP contribution is -2.21. The Morgan fingerprint density at radius 2 is 1.79 bits per heavy atom. The predicted molar refractivity (Wildman–Crippen MR) is 134 cm³/mol. The van der Waals surface area contributed by atoms with Gasteiger partial charge in [-0.1, -0.05) is 48.5 Å². The van der Waals surface area contributed by atoms with Crippen LogP contribution < -0.4 is 10.1 Å². The van der Waals surface area contributed by atoms with Crippen LogP contribution in [0.3, 0.4) is 0 Å². The second-order valence-electron chi connectivity index (χ2n) is 7.51. The highest BCUT2D eigenvalue weighted by Crippen LogP contribution is 2.23. The minimum absolute atomic E-state index is 0.160. The van der Waals surface area contributed by atoms with Crippen LogP contribution >= 0.6 is 11.3 Å². The number of anilines is 1. The van der Waals surface area contributed by atoms with Crippen molar-refractivity contribution in [2.45, 2.75) is 24.6 Å². The molecule has 1 amide bonds. The number of aromatic nitrogens is 2. The van der Waals surface area contributed by atoms with Gasteiger partial charge in [-0.05, 0) is 43.0 Å². The van der Waals surface area contributed by atoms with Gasteiger partial charge in [-0.2, -0.15) is 10.2 Å². The summed E-state index contributed by atoms with van der Waals surface area (Å²) in [4.78, 5) is 12.8. The largest absolute Gasteiger partial charge is 0.278 e. The number of carbonyl (C=O) groups is 1. The van der Waals surface area contributed by atoms with Crippen molar-refractivity contribution in [1.29, 1.82) is 0 Å². The lowest BCUT2D eigenvalue weighted by molar-refractivity contribution is 0.0956. The first-order valence-corrected chi connectivity index (χ1v) is 12.8. The summed E-state index contributed by atoms with van der Waals surface area (Å²) in [6.07, 6.45) is 1.55. The summed E-state index contributed by atoms with van der Waals surface area (Å²) in [6.45, 7) is 4.46. The number of benzene rings is 2. The molecule has 0 atom stereocenters. The van der Waals surface area contributed by atoms with Gasteiger partial charge in [0.05, 0.1) is 29.7 Å². The molecule has 0 aliphatic carbocycles. The standard InChI is InChI=1S/C24H23N5O3S2/c1-17-21(18(2)29(27-17)16-19-9-4-3-5-10-19)15-25-26-24(30)20-11-6-7-12-22(20)28-34(31,32)23-13-8-14-33-23/h3-15,28H,16H2,1-2H3,(H,26,30). The Kier molecular flexibility index (Phi) is 6.90. The van der Waals surface area contributed by atoms with Crippen LogP contribution in [0.5, 0.6) is 0 Å². The third kappa shape index (κ3) is 5.24. The quantitative estimate of drug-likeness (QED) is 0.284. The first-order valence-electron chi connectivity index (χ1n) is 10.4. The zero-order valence-corrected chi connectivity index (χ0v) is 20.2. The SMILES string of the molecule is Cc1nn(Cc2ccccc2)c(C)c1C=NNC(=O)c1ccccc1NS(=O)(=O)c1cccs1. The van der Waals surface area contributed by atoms with E-state index >= 15 is 0 Å². The predicted octanol–water partition coefficient (Wildman–Crippen LogP) is 4.17. The summed E-state index contributed by atoms with van der Waals surface area (Å²) in [7, 11) is -3.78. The molecule has 0 aliphatic heterocycles. The second-order valence-corrected chi connectivity index (χ2v) is 10.4. The maximum absolute atomic E-state index is 12.8. The van der Waals surface area contributed by atoms with Gasteiger partial charge in [0.1, 0.15) is 4.21 Å². The van der Waals surface area contributed by atoms with Gasteiger partial charge in [-0.3, -0.25) is 14.2 Å². The highest BCUT2D eigenvalue weighted by atomic mass is 32.2. The van der Waals surface area contributed by atoms with Crippen molar-refractivity contribution >= 4 is 39.2 Å². The van der Waals surface area contributed by atoms with Crippen LogP contribution in [0.25, 0.3) is 0 Å². The molecular formula is C24H23N5O3S2. The fraction of sp³-hybridized carbons (Fsp3) is 0.125. The fourth-order valence-electron chi connectivity index (χ4n) is 3.41. The minimum Gasteiger partial charge on any atom is -0.278 e. The number of thiophene rings is 1. The zero-order valence-electron chi connectivity index (χ0n) is 18.6. The molecule has 10 heteroatoms. The lowest BCUT2D eigenvalue weighted by Gasteiger charge is -2.10. The van der Waals surface area contributed by atoms with Crippen molar-refractivity contribution in [2.75, 3.05) is 4.72 Å². The molecular weight excluding hydrogens is 470 g/mol. The van der Waals surface area contributed by atoms with E-state index in [2.05, 4.69) is 20.3 Å². The van der Waals surface area contributed by atoms with Crippen molar-refractivity contribution in [3.63, 3.8) is 0 Å². The van der Waals surface area contributed by atoms with Crippen molar-refractivity contribution in [1.82, 2.24) is 15.2 Å². The molecule has 0 unspecified atom stereocenters. The summed E-state index contributed by atoms with van der Waals surface area (Å²) >= 11 is 1.10. The smallest absolute Gasteiger partial charge is 0.273 e. The Morgan fingerprint density at radius 3 is 2.53 bits per heavy atom. The van der Waals surface area contributed by atoms with Crippen LogP contribution in [-0.4, -0.2) is 30.3 Å². The molecule has 0 spiro atoms. The molecule has 0 radical (unpaired) electrons. The Hall–Kier alpha value is -3.76. The van der Waals surface area contributed by atoms with Crippen LogP contribution in [0, 0.1) is 13.8 Å². The molecule has 2 aromatic heterocycles. The van der Waals surface area contributed by atoms with Crippen molar-refractivity contribution in [3.05, 3.63) is 100 Å². The number of nitrogens with zero attached hydrogens (tertiary/aromatic N) is 3. The number of nitrogens with one attached hydrogen (secondary N) is 2. The summed E-state index contributed by atoms with van der Waals surface area (Å²) in [6, 6.07) is 19.5. The minimum atomic E-state index is -3.78. The molecule has 34 heavy (non-hydrogen) atoms. The van der Waals surface area contributed by atoms with Gasteiger partial charge in [0, 0.05) is 11.3 Å². The summed E-state index contributed by atoms with van der Waals surface area (Å²) in [5, 5.41) is 10.3. The number of hydrogen-bond donors (Lipinski definition) is 2. The van der Waals surface area contributed by atoms with Gasteiger partial charge in [-0.25, -0.2) is 13.8 Å². The van der Waals surface area contributed by atoms with Crippen LogP contribution in [0.15, 0.2) is 81.4 Å². The molecule has 4 rings (SSSR count). The van der Waals surface area contributed by atoms with Gasteiger partial charge in [0.25, 0.3) is 15.9 Å². The summed E-state index contributed by atoms with van der Waals surface area (Å²) in [5.41, 5.74) is 6.46. The van der Waals surface area contributed by atoms with E-state index in [0.29, 0.717) is 6.54 Å². The molecule has 0 saturated heterocycles. The summed E-state index contributed by atoms with van der Waals surface area (Å²) < 4.78 is 29.7. The summed E-state index contributed by atoms with van der Waals surface area (Å²) in [5.74, 6) is -0.535. The molecule has 0 saturated carbocycles. The molecule has 0 bridgehead atoms. The van der Waals surface area contributed by atoms with Crippen molar-refractivity contribution < 1.29 is 13.2 Å². The number of hydrazone groups is 1. The van der Waals surface area contributed by atoms with Gasteiger partial charge in [-0.15, -0.1) is 11.3 Å². The number of amides is 1. The molecule has 2 aromatic carbocycles. The fourth-order valence-corrected chi connectivity index (χ4v) is 5.48. The van der Waals surface area contributed by atoms with Crippen molar-refractivity contribution in [2.24, 2.45) is 5.10 Å². The Labute approximate surface area is 202 Å². The Balaban J connectivity index is 1.48. The molecule has 8 nitrogen and oxygen atoms in total. The topological polar surface area (TPSA) is 105 Å². The Morgan fingerprint density at radius 1 is 1.06 bits per heavy atom. The van der Waals surface area contributed by atoms with E-state index in [9.17, 15) is 13.2 Å². The van der Waals surface area contributed by atoms with E-state index in [4.69, 9.17) is 0 Å².